The number of nitrogens with zero attached hydrogens (tertiary/aromatic N) is 2. The minimum absolute atomic E-state index is 0. The molecule has 0 aromatic carbocycles. The third-order valence-corrected chi connectivity index (χ3v) is 1.25. The molecule has 0 aliphatic carbocycles. The molecule has 1 aromatic rings. The Bertz CT molecular complexity index is 277. The molecule has 1 heterocycles. The van der Waals surface area contributed by atoms with E-state index in [4.69, 9.17) is 5.73 Å². The normalized spacial score (nSPS) is 8.75. The first-order valence-corrected chi connectivity index (χ1v) is 3.29. The van der Waals surface area contributed by atoms with E-state index in [1.54, 1.807) is 23.0 Å². The number of carbonyl (C=O) groups is 1. The molecule has 1 rings (SSSR count). The summed E-state index contributed by atoms with van der Waals surface area (Å²) in [7, 11) is 0. The van der Waals surface area contributed by atoms with Crippen molar-refractivity contribution in [1.29, 1.82) is 0 Å². The quantitative estimate of drug-likeness (QED) is 0.539. The highest BCUT2D eigenvalue weighted by atomic mass is 79.9. The van der Waals surface area contributed by atoms with Crippen molar-refractivity contribution in [2.75, 3.05) is 5.73 Å². The summed E-state index contributed by atoms with van der Waals surface area (Å²) in [6.07, 6.45) is 3.32. The van der Waals surface area contributed by atoms with Gasteiger partial charge < -0.3 is 17.0 Å². The van der Waals surface area contributed by atoms with Gasteiger partial charge in [0.2, 0.25) is 0 Å². The van der Waals surface area contributed by atoms with Gasteiger partial charge in [-0.15, -0.1) is 0 Å². The predicted molar refractivity (Wildman–Crippen MR) is 39.5 cm³/mol. The van der Waals surface area contributed by atoms with Crippen LogP contribution in [-0.2, 0) is 11.3 Å². The van der Waals surface area contributed by atoms with Crippen molar-refractivity contribution in [2.24, 2.45) is 0 Å². The summed E-state index contributed by atoms with van der Waals surface area (Å²) in [5.74, 6) is 0.428. The molecule has 0 amide bonds. The molecule has 0 aliphatic heterocycles. The molecule has 0 unspecified atom stereocenters. The summed E-state index contributed by atoms with van der Waals surface area (Å²) >= 11 is 0. The Labute approximate surface area is 81.2 Å². The van der Waals surface area contributed by atoms with Gasteiger partial charge in [-0.05, 0) is 6.92 Å². The fourth-order valence-electron chi connectivity index (χ4n) is 0.786. The zero-order valence-corrected chi connectivity index (χ0v) is 8.28. The largest absolute Gasteiger partial charge is 1.00 e. The molecule has 4 nitrogen and oxygen atoms in total. The van der Waals surface area contributed by atoms with Gasteiger partial charge in [0.15, 0.2) is 5.78 Å². The van der Waals surface area contributed by atoms with Crippen LogP contribution in [0, 0.1) is 0 Å². The van der Waals surface area contributed by atoms with E-state index in [1.807, 2.05) is 0 Å². The Hall–Kier alpha value is -0.970. The average Bonchev–Trinajstić information content (AvgIpc) is 1.93. The second-order valence-corrected chi connectivity index (χ2v) is 2.31. The molecule has 0 radical (unpaired) electrons. The van der Waals surface area contributed by atoms with Crippen LogP contribution in [-0.4, -0.2) is 10.8 Å². The number of hydrogen-bond acceptors (Lipinski definition) is 3. The number of rotatable bonds is 2. The van der Waals surface area contributed by atoms with Crippen LogP contribution >= 0.6 is 0 Å². The molecule has 5 heteroatoms. The fraction of sp³-hybridized carbons (Fsp3) is 0.286. The maximum absolute atomic E-state index is 10.7. The SMILES string of the molecule is CC(=O)C[n+]1cccnc1N.[Br-]. The van der Waals surface area contributed by atoms with Gasteiger partial charge in [0.05, 0.1) is 6.20 Å². The molecule has 0 saturated heterocycles. The van der Waals surface area contributed by atoms with Gasteiger partial charge in [-0.1, -0.05) is 4.98 Å². The number of aromatic nitrogens is 2. The van der Waals surface area contributed by atoms with E-state index in [0.29, 0.717) is 12.5 Å². The van der Waals surface area contributed by atoms with Gasteiger partial charge in [0, 0.05) is 6.07 Å². The van der Waals surface area contributed by atoms with Crippen LogP contribution in [0.4, 0.5) is 5.95 Å². The molecule has 0 bridgehead atoms. The molecule has 0 spiro atoms. The monoisotopic (exact) mass is 231 g/mol. The summed E-state index contributed by atoms with van der Waals surface area (Å²) in [5.41, 5.74) is 5.47. The topological polar surface area (TPSA) is 59.9 Å². The van der Waals surface area contributed by atoms with E-state index >= 15 is 0 Å². The molecule has 1 aromatic heterocycles. The van der Waals surface area contributed by atoms with Crippen molar-refractivity contribution in [2.45, 2.75) is 13.5 Å². The standard InChI is InChI=1S/C7H9N3O.BrH/c1-6(11)5-10-4-2-3-9-7(10)8;/h2-4,8H,5H2,1H3;1H. The Kier molecular flexibility index (Phi) is 4.43. The number of nitrogen functional groups attached to an aromatic ring is 1. The molecule has 2 N–H and O–H groups in total. The van der Waals surface area contributed by atoms with Crippen molar-refractivity contribution in [3.05, 3.63) is 18.5 Å². The summed E-state index contributed by atoms with van der Waals surface area (Å²) in [4.78, 5) is 14.5. The molecular weight excluding hydrogens is 222 g/mol. The Morgan fingerprint density at radius 1 is 1.75 bits per heavy atom. The Morgan fingerprint density at radius 2 is 2.42 bits per heavy atom. The smallest absolute Gasteiger partial charge is 0.389 e. The highest BCUT2D eigenvalue weighted by Gasteiger charge is 2.05. The third-order valence-electron chi connectivity index (χ3n) is 1.25. The molecule has 0 fully saturated rings. The number of ketones is 1. The van der Waals surface area contributed by atoms with Crippen LogP contribution in [0.15, 0.2) is 18.5 Å². The van der Waals surface area contributed by atoms with E-state index in [1.165, 1.54) is 6.92 Å². The number of halogens is 1. The fourth-order valence-corrected chi connectivity index (χ4v) is 0.786. The lowest BCUT2D eigenvalue weighted by Crippen LogP contribution is -3.00. The lowest BCUT2D eigenvalue weighted by atomic mass is 10.4. The summed E-state index contributed by atoms with van der Waals surface area (Å²) in [6, 6.07) is 1.74. The van der Waals surface area contributed by atoms with Crippen molar-refractivity contribution < 1.29 is 26.3 Å². The molecule has 0 atom stereocenters. The lowest BCUT2D eigenvalue weighted by Gasteiger charge is -1.96. The average molecular weight is 232 g/mol. The van der Waals surface area contributed by atoms with Gasteiger partial charge in [0.1, 0.15) is 12.7 Å². The van der Waals surface area contributed by atoms with Gasteiger partial charge in [-0.2, -0.15) is 0 Å². The molecule has 0 aliphatic rings. The van der Waals surface area contributed by atoms with Crippen LogP contribution in [0.25, 0.3) is 0 Å². The number of hydrogen-bond donors (Lipinski definition) is 1. The molecular formula is C7H10BrN3O. The zero-order valence-electron chi connectivity index (χ0n) is 6.70. The van der Waals surface area contributed by atoms with Crippen LogP contribution in [0.2, 0.25) is 0 Å². The van der Waals surface area contributed by atoms with Crippen molar-refractivity contribution in [3.63, 3.8) is 0 Å². The second kappa shape index (κ2) is 4.82. The second-order valence-electron chi connectivity index (χ2n) is 2.31. The van der Waals surface area contributed by atoms with E-state index in [-0.39, 0.29) is 22.8 Å². The molecule has 66 valence electrons. The summed E-state index contributed by atoms with van der Waals surface area (Å²) < 4.78 is 1.60. The predicted octanol–water partition coefficient (Wildman–Crippen LogP) is -3.46. The summed E-state index contributed by atoms with van der Waals surface area (Å²) in [6.45, 7) is 1.80. The van der Waals surface area contributed by atoms with E-state index < -0.39 is 0 Å². The number of Topliss-reactive ketones (excluding diaryl/α,β-unsaturated/α-hetero) is 1. The van der Waals surface area contributed by atoms with Crippen LogP contribution in [0.1, 0.15) is 6.92 Å². The van der Waals surface area contributed by atoms with Gasteiger partial charge >= 0.3 is 5.95 Å². The number of nitrogens with two attached hydrogens (primary N) is 1. The first-order chi connectivity index (χ1) is 5.20. The maximum atomic E-state index is 10.7. The van der Waals surface area contributed by atoms with Gasteiger partial charge in [-0.25, -0.2) is 4.57 Å². The molecule has 12 heavy (non-hydrogen) atoms. The van der Waals surface area contributed by atoms with E-state index in [0.717, 1.165) is 0 Å². The van der Waals surface area contributed by atoms with Crippen molar-refractivity contribution in [3.8, 4) is 0 Å². The van der Waals surface area contributed by atoms with Crippen molar-refractivity contribution >= 4 is 11.7 Å². The number of carbonyl (C=O) groups excluding carboxylic acids is 1. The first-order valence-electron chi connectivity index (χ1n) is 3.29. The lowest BCUT2D eigenvalue weighted by molar-refractivity contribution is -0.672. The first kappa shape index (κ1) is 11.0. The zero-order chi connectivity index (χ0) is 8.27. The minimum atomic E-state index is 0. The van der Waals surface area contributed by atoms with Gasteiger partial charge in [0.25, 0.3) is 0 Å². The summed E-state index contributed by atoms with van der Waals surface area (Å²) in [5, 5.41) is 0. The van der Waals surface area contributed by atoms with Crippen LogP contribution in [0.5, 0.6) is 0 Å². The highest BCUT2D eigenvalue weighted by molar-refractivity contribution is 5.73. The number of anilines is 1. The van der Waals surface area contributed by atoms with Crippen LogP contribution in [0.3, 0.4) is 0 Å². The highest BCUT2D eigenvalue weighted by Crippen LogP contribution is 1.83. The van der Waals surface area contributed by atoms with E-state index in [2.05, 4.69) is 4.98 Å². The maximum Gasteiger partial charge on any atom is 0.389 e. The van der Waals surface area contributed by atoms with Gasteiger partial charge in [-0.3, -0.25) is 10.5 Å². The van der Waals surface area contributed by atoms with E-state index in [9.17, 15) is 4.79 Å². The Morgan fingerprint density at radius 3 is 2.92 bits per heavy atom. The van der Waals surface area contributed by atoms with Crippen LogP contribution < -0.4 is 27.3 Å². The Balaban J connectivity index is 0.00000121. The van der Waals surface area contributed by atoms with Crippen molar-refractivity contribution in [1.82, 2.24) is 4.98 Å². The molecule has 0 saturated carbocycles. The minimum Gasteiger partial charge on any atom is -1.00 e. The third kappa shape index (κ3) is 2.96.